The fraction of sp³-hybridized carbons (Fsp3) is 0.833. The number of amides is 1. The third-order valence-electron chi connectivity index (χ3n) is 2.70. The molecule has 1 fully saturated rings. The average Bonchev–Trinajstić information content (AvgIpc) is 2.24. The van der Waals surface area contributed by atoms with Crippen molar-refractivity contribution in [3.05, 3.63) is 0 Å². The van der Waals surface area contributed by atoms with E-state index < -0.39 is 11.0 Å². The van der Waals surface area contributed by atoms with E-state index in [2.05, 4.69) is 0 Å². The molecule has 0 atom stereocenters. The third-order valence-corrected chi connectivity index (χ3v) is 2.81. The van der Waals surface area contributed by atoms with Crippen molar-refractivity contribution >= 4 is 23.1 Å². The molecule has 0 spiro atoms. The number of carbonyl (C=O) groups excluding carboxylic acids is 2. The molecule has 0 aromatic heterocycles. The Labute approximate surface area is 112 Å². The van der Waals surface area contributed by atoms with Crippen molar-refractivity contribution in [2.24, 2.45) is 5.92 Å². The van der Waals surface area contributed by atoms with Crippen LogP contribution in [0.15, 0.2) is 0 Å². The molecule has 0 aliphatic carbocycles. The van der Waals surface area contributed by atoms with E-state index in [0.29, 0.717) is 19.7 Å². The summed E-state index contributed by atoms with van der Waals surface area (Å²) in [5, 5.41) is 0. The summed E-state index contributed by atoms with van der Waals surface area (Å²) in [7, 11) is 0. The number of rotatable bonds is 2. The number of likely N-dealkylation sites (tertiary alicyclic amines) is 1. The molecule has 0 unspecified atom stereocenters. The first-order valence-electron chi connectivity index (χ1n) is 6.08. The lowest BCUT2D eigenvalue weighted by Crippen LogP contribution is -2.42. The number of hydrogen-bond donors (Lipinski definition) is 0. The number of halogens is 1. The topological polar surface area (TPSA) is 55.8 Å². The molecule has 0 radical (unpaired) electrons. The molecular formula is C12H20ClNO4. The van der Waals surface area contributed by atoms with Gasteiger partial charge in [0.2, 0.25) is 0 Å². The summed E-state index contributed by atoms with van der Waals surface area (Å²) < 4.78 is 10.0. The Kier molecular flexibility index (Phi) is 5.26. The highest BCUT2D eigenvalue weighted by Crippen LogP contribution is 2.20. The molecule has 1 rings (SSSR count). The quantitative estimate of drug-likeness (QED) is 0.728. The van der Waals surface area contributed by atoms with Crippen molar-refractivity contribution in [3.8, 4) is 0 Å². The molecule has 18 heavy (non-hydrogen) atoms. The van der Waals surface area contributed by atoms with Gasteiger partial charge in [0, 0.05) is 24.7 Å². The Morgan fingerprint density at radius 1 is 1.28 bits per heavy atom. The SMILES string of the molecule is CC(C)(C)OC(=O)N1CCC(COC(=O)Cl)CC1. The van der Waals surface area contributed by atoms with Crippen LogP contribution in [0, 0.1) is 5.92 Å². The minimum Gasteiger partial charge on any atom is -0.453 e. The fourth-order valence-electron chi connectivity index (χ4n) is 1.79. The second-order valence-electron chi connectivity index (χ2n) is 5.46. The zero-order valence-corrected chi connectivity index (χ0v) is 11.8. The van der Waals surface area contributed by atoms with Gasteiger partial charge in [0.05, 0.1) is 6.61 Å². The number of carbonyl (C=O) groups is 2. The molecule has 104 valence electrons. The summed E-state index contributed by atoms with van der Waals surface area (Å²) >= 11 is 5.10. The highest BCUT2D eigenvalue weighted by Gasteiger charge is 2.27. The highest BCUT2D eigenvalue weighted by molar-refractivity contribution is 6.61. The van der Waals surface area contributed by atoms with Gasteiger partial charge >= 0.3 is 11.5 Å². The van der Waals surface area contributed by atoms with Crippen LogP contribution in [0.2, 0.25) is 0 Å². The molecule has 1 heterocycles. The summed E-state index contributed by atoms with van der Waals surface area (Å²) in [5.74, 6) is 0.270. The van der Waals surface area contributed by atoms with Gasteiger partial charge in [-0.1, -0.05) is 0 Å². The van der Waals surface area contributed by atoms with Crippen molar-refractivity contribution in [1.29, 1.82) is 0 Å². The van der Waals surface area contributed by atoms with Crippen LogP contribution >= 0.6 is 11.6 Å². The molecule has 6 heteroatoms. The first-order chi connectivity index (χ1) is 8.28. The van der Waals surface area contributed by atoms with Crippen LogP contribution in [-0.2, 0) is 9.47 Å². The Morgan fingerprint density at radius 2 is 1.83 bits per heavy atom. The van der Waals surface area contributed by atoms with Gasteiger partial charge in [-0.2, -0.15) is 0 Å². The van der Waals surface area contributed by atoms with Gasteiger partial charge in [-0.25, -0.2) is 9.59 Å². The van der Waals surface area contributed by atoms with Crippen LogP contribution in [0.4, 0.5) is 9.59 Å². The molecule has 0 N–H and O–H groups in total. The van der Waals surface area contributed by atoms with E-state index in [1.807, 2.05) is 20.8 Å². The van der Waals surface area contributed by atoms with Gasteiger partial charge in [-0.05, 0) is 39.5 Å². The maximum absolute atomic E-state index is 11.8. The van der Waals surface area contributed by atoms with Gasteiger partial charge in [-0.3, -0.25) is 0 Å². The van der Waals surface area contributed by atoms with Crippen molar-refractivity contribution < 1.29 is 19.1 Å². The van der Waals surface area contributed by atoms with Crippen molar-refractivity contribution in [2.45, 2.75) is 39.2 Å². The lowest BCUT2D eigenvalue weighted by molar-refractivity contribution is 0.0155. The molecule has 1 aliphatic heterocycles. The summed E-state index contributed by atoms with van der Waals surface area (Å²) in [4.78, 5) is 23.9. The molecular weight excluding hydrogens is 258 g/mol. The van der Waals surface area contributed by atoms with Gasteiger partial charge in [0.25, 0.3) is 0 Å². The van der Waals surface area contributed by atoms with Crippen LogP contribution in [0.3, 0.4) is 0 Å². The second-order valence-corrected chi connectivity index (χ2v) is 5.77. The lowest BCUT2D eigenvalue weighted by atomic mass is 9.98. The third kappa shape index (κ3) is 5.58. The van der Waals surface area contributed by atoms with E-state index in [4.69, 9.17) is 21.1 Å². The maximum Gasteiger partial charge on any atom is 0.410 e. The van der Waals surface area contributed by atoms with Gasteiger partial charge in [0.15, 0.2) is 0 Å². The molecule has 0 saturated carbocycles. The highest BCUT2D eigenvalue weighted by atomic mass is 35.5. The Balaban J connectivity index is 2.30. The minimum absolute atomic E-state index is 0.270. The van der Waals surface area contributed by atoms with Crippen LogP contribution in [0.5, 0.6) is 0 Å². The van der Waals surface area contributed by atoms with E-state index >= 15 is 0 Å². The zero-order valence-electron chi connectivity index (χ0n) is 11.1. The van der Waals surface area contributed by atoms with Crippen molar-refractivity contribution in [3.63, 3.8) is 0 Å². The van der Waals surface area contributed by atoms with Crippen LogP contribution in [0.25, 0.3) is 0 Å². The number of ether oxygens (including phenoxy) is 2. The second kappa shape index (κ2) is 6.27. The predicted octanol–water partition coefficient (Wildman–Crippen LogP) is 3.01. The smallest absolute Gasteiger partial charge is 0.410 e. The number of piperidine rings is 1. The first-order valence-corrected chi connectivity index (χ1v) is 6.46. The summed E-state index contributed by atoms with van der Waals surface area (Å²) in [6, 6.07) is 0. The largest absolute Gasteiger partial charge is 0.453 e. The van der Waals surface area contributed by atoms with Gasteiger partial charge in [0.1, 0.15) is 5.60 Å². The summed E-state index contributed by atoms with van der Waals surface area (Å²) in [6.07, 6.45) is 1.31. The standard InChI is InChI=1S/C12H20ClNO4/c1-12(2,3)18-11(16)14-6-4-9(5-7-14)8-17-10(13)15/h9H,4-8H2,1-3H3. The minimum atomic E-state index is -0.774. The Hall–Kier alpha value is -0.970. The maximum atomic E-state index is 11.8. The van der Waals surface area contributed by atoms with Crippen LogP contribution < -0.4 is 0 Å². The van der Waals surface area contributed by atoms with E-state index in [9.17, 15) is 9.59 Å². The molecule has 1 saturated heterocycles. The molecule has 1 amide bonds. The lowest BCUT2D eigenvalue weighted by Gasteiger charge is -2.33. The number of nitrogens with zero attached hydrogens (tertiary/aromatic N) is 1. The predicted molar refractivity (Wildman–Crippen MR) is 67.7 cm³/mol. The summed E-state index contributed by atoms with van der Waals surface area (Å²) in [6.45, 7) is 7.11. The molecule has 5 nitrogen and oxygen atoms in total. The monoisotopic (exact) mass is 277 g/mol. The van der Waals surface area contributed by atoms with Crippen molar-refractivity contribution in [1.82, 2.24) is 4.90 Å². The number of hydrogen-bond acceptors (Lipinski definition) is 4. The molecule has 0 bridgehead atoms. The van der Waals surface area contributed by atoms with Crippen LogP contribution in [0.1, 0.15) is 33.6 Å². The normalized spacial score (nSPS) is 17.4. The average molecular weight is 278 g/mol. The van der Waals surface area contributed by atoms with E-state index in [1.54, 1.807) is 4.90 Å². The molecule has 0 aromatic rings. The Bertz CT molecular complexity index is 306. The molecule has 1 aliphatic rings. The van der Waals surface area contributed by atoms with Gasteiger partial charge in [-0.15, -0.1) is 0 Å². The fourth-order valence-corrected chi connectivity index (χ4v) is 1.86. The van der Waals surface area contributed by atoms with Crippen LogP contribution in [-0.4, -0.2) is 41.7 Å². The zero-order chi connectivity index (χ0) is 13.8. The van der Waals surface area contributed by atoms with Crippen molar-refractivity contribution in [2.75, 3.05) is 19.7 Å². The summed E-state index contributed by atoms with van der Waals surface area (Å²) in [5.41, 5.74) is -1.24. The van der Waals surface area contributed by atoms with E-state index in [1.165, 1.54) is 0 Å². The Morgan fingerprint density at radius 3 is 2.28 bits per heavy atom. The van der Waals surface area contributed by atoms with E-state index in [-0.39, 0.29) is 12.0 Å². The molecule has 0 aromatic carbocycles. The first kappa shape index (κ1) is 15.1. The van der Waals surface area contributed by atoms with E-state index in [0.717, 1.165) is 12.8 Å². The van der Waals surface area contributed by atoms with Gasteiger partial charge < -0.3 is 14.4 Å².